The SMILES string of the molecule is CNC(=O)N1CCC(C2CCN(C(=O)c3cc(OC)cc(OC)c3)C2)CC1. The first-order chi connectivity index (χ1) is 13.0. The van der Waals surface area contributed by atoms with Gasteiger partial charge in [0.1, 0.15) is 11.5 Å². The summed E-state index contributed by atoms with van der Waals surface area (Å²) in [4.78, 5) is 28.5. The fourth-order valence-corrected chi connectivity index (χ4v) is 4.20. The summed E-state index contributed by atoms with van der Waals surface area (Å²) in [6.07, 6.45) is 3.04. The van der Waals surface area contributed by atoms with Gasteiger partial charge in [-0.1, -0.05) is 0 Å². The molecular weight excluding hydrogens is 346 g/mol. The van der Waals surface area contributed by atoms with Crippen LogP contribution < -0.4 is 14.8 Å². The maximum atomic E-state index is 12.9. The van der Waals surface area contributed by atoms with Crippen LogP contribution in [-0.2, 0) is 0 Å². The van der Waals surface area contributed by atoms with E-state index in [9.17, 15) is 9.59 Å². The number of carbonyl (C=O) groups is 2. The molecule has 2 heterocycles. The van der Waals surface area contributed by atoms with Gasteiger partial charge in [-0.25, -0.2) is 4.79 Å². The first-order valence-corrected chi connectivity index (χ1v) is 9.54. The number of amides is 3. The molecule has 1 N–H and O–H groups in total. The predicted molar refractivity (Wildman–Crippen MR) is 102 cm³/mol. The van der Waals surface area contributed by atoms with Crippen LogP contribution in [0.3, 0.4) is 0 Å². The Hall–Kier alpha value is -2.44. The topological polar surface area (TPSA) is 71.1 Å². The standard InChI is InChI=1S/C20H29N3O4/c1-21-20(25)22-7-4-14(5-8-22)15-6-9-23(13-15)19(24)16-10-17(26-2)12-18(11-16)27-3/h10-12,14-15H,4-9,13H2,1-3H3,(H,21,25). The second-order valence-electron chi connectivity index (χ2n) is 7.28. The highest BCUT2D eigenvalue weighted by molar-refractivity contribution is 5.95. The molecule has 2 aliphatic heterocycles. The highest BCUT2D eigenvalue weighted by Gasteiger charge is 2.34. The van der Waals surface area contributed by atoms with Crippen LogP contribution >= 0.6 is 0 Å². The number of nitrogens with one attached hydrogen (secondary N) is 1. The molecule has 148 valence electrons. The fourth-order valence-electron chi connectivity index (χ4n) is 4.20. The highest BCUT2D eigenvalue weighted by atomic mass is 16.5. The zero-order valence-electron chi connectivity index (χ0n) is 16.4. The fraction of sp³-hybridized carbons (Fsp3) is 0.600. The third-order valence-electron chi connectivity index (χ3n) is 5.82. The van der Waals surface area contributed by atoms with Crippen molar-refractivity contribution in [3.05, 3.63) is 23.8 Å². The smallest absolute Gasteiger partial charge is 0.317 e. The maximum absolute atomic E-state index is 12.9. The van der Waals surface area contributed by atoms with Crippen LogP contribution in [-0.4, -0.2) is 69.2 Å². The molecule has 0 aliphatic carbocycles. The van der Waals surface area contributed by atoms with Crippen molar-refractivity contribution in [1.82, 2.24) is 15.1 Å². The molecule has 1 aromatic rings. The Kier molecular flexibility index (Phi) is 6.08. The van der Waals surface area contributed by atoms with Crippen molar-refractivity contribution in [2.75, 3.05) is 47.4 Å². The van der Waals surface area contributed by atoms with Crippen LogP contribution in [0, 0.1) is 11.8 Å². The van der Waals surface area contributed by atoms with E-state index in [0.29, 0.717) is 28.9 Å². The lowest BCUT2D eigenvalue weighted by molar-refractivity contribution is 0.0776. The Bertz CT molecular complexity index is 664. The molecule has 0 spiro atoms. The monoisotopic (exact) mass is 375 g/mol. The van der Waals surface area contributed by atoms with Crippen molar-refractivity contribution < 1.29 is 19.1 Å². The number of urea groups is 1. The van der Waals surface area contributed by atoms with Gasteiger partial charge in [0.15, 0.2) is 0 Å². The number of hydrogen-bond donors (Lipinski definition) is 1. The van der Waals surface area contributed by atoms with E-state index in [4.69, 9.17) is 9.47 Å². The summed E-state index contributed by atoms with van der Waals surface area (Å²) < 4.78 is 10.6. The molecule has 7 nitrogen and oxygen atoms in total. The van der Waals surface area contributed by atoms with E-state index >= 15 is 0 Å². The van der Waals surface area contributed by atoms with Gasteiger partial charge in [0.25, 0.3) is 5.91 Å². The highest BCUT2D eigenvalue weighted by Crippen LogP contribution is 2.33. The molecule has 0 radical (unpaired) electrons. The van der Waals surface area contributed by atoms with E-state index in [1.54, 1.807) is 39.5 Å². The molecule has 0 saturated carbocycles. The van der Waals surface area contributed by atoms with Crippen molar-refractivity contribution in [1.29, 1.82) is 0 Å². The zero-order chi connectivity index (χ0) is 19.4. The molecule has 3 amide bonds. The number of ether oxygens (including phenoxy) is 2. The molecular formula is C20H29N3O4. The number of rotatable bonds is 4. The minimum atomic E-state index is 0.00338. The average Bonchev–Trinajstić information content (AvgIpc) is 3.22. The quantitative estimate of drug-likeness (QED) is 0.876. The van der Waals surface area contributed by atoms with E-state index < -0.39 is 0 Å². The first-order valence-electron chi connectivity index (χ1n) is 9.54. The van der Waals surface area contributed by atoms with Crippen molar-refractivity contribution in [2.24, 2.45) is 11.8 Å². The molecule has 1 atom stereocenters. The van der Waals surface area contributed by atoms with E-state index in [1.807, 2.05) is 9.80 Å². The van der Waals surface area contributed by atoms with E-state index in [0.717, 1.165) is 45.4 Å². The second kappa shape index (κ2) is 8.50. The summed E-state index contributed by atoms with van der Waals surface area (Å²) in [5.41, 5.74) is 0.598. The summed E-state index contributed by atoms with van der Waals surface area (Å²) in [7, 11) is 4.84. The lowest BCUT2D eigenvalue weighted by Gasteiger charge is -2.34. The number of carbonyl (C=O) groups excluding carboxylic acids is 2. The average molecular weight is 375 g/mol. The van der Waals surface area contributed by atoms with Gasteiger partial charge < -0.3 is 24.6 Å². The first kappa shape index (κ1) is 19.3. The third kappa shape index (κ3) is 4.28. The molecule has 27 heavy (non-hydrogen) atoms. The Balaban J connectivity index is 1.60. The molecule has 3 rings (SSSR count). The Morgan fingerprint density at radius 3 is 2.04 bits per heavy atom. The van der Waals surface area contributed by atoms with Gasteiger partial charge in [0, 0.05) is 44.9 Å². The van der Waals surface area contributed by atoms with Gasteiger partial charge in [-0.2, -0.15) is 0 Å². The summed E-state index contributed by atoms with van der Waals surface area (Å²) >= 11 is 0. The van der Waals surface area contributed by atoms with Crippen LogP contribution in [0.2, 0.25) is 0 Å². The van der Waals surface area contributed by atoms with Crippen LogP contribution in [0.1, 0.15) is 29.6 Å². The summed E-state index contributed by atoms with van der Waals surface area (Å²) in [5, 5.41) is 2.69. The summed E-state index contributed by atoms with van der Waals surface area (Å²) in [6, 6.07) is 5.30. The van der Waals surface area contributed by atoms with Crippen LogP contribution in [0.15, 0.2) is 18.2 Å². The summed E-state index contributed by atoms with van der Waals surface area (Å²) in [5.74, 6) is 2.35. The molecule has 2 aliphatic rings. The maximum Gasteiger partial charge on any atom is 0.317 e. The molecule has 1 aromatic carbocycles. The van der Waals surface area contributed by atoms with Crippen LogP contribution in [0.25, 0.3) is 0 Å². The summed E-state index contributed by atoms with van der Waals surface area (Å²) in [6.45, 7) is 3.14. The number of nitrogens with zero attached hydrogens (tertiary/aromatic N) is 2. The van der Waals surface area contributed by atoms with Gasteiger partial charge in [-0.3, -0.25) is 4.79 Å². The number of piperidine rings is 1. The minimum absolute atomic E-state index is 0.00338. The predicted octanol–water partition coefficient (Wildman–Crippen LogP) is 2.22. The molecule has 0 bridgehead atoms. The van der Waals surface area contributed by atoms with Crippen molar-refractivity contribution in [3.63, 3.8) is 0 Å². The van der Waals surface area contributed by atoms with Crippen molar-refractivity contribution in [3.8, 4) is 11.5 Å². The molecule has 1 unspecified atom stereocenters. The molecule has 7 heteroatoms. The number of likely N-dealkylation sites (tertiary alicyclic amines) is 2. The van der Waals surface area contributed by atoms with Crippen molar-refractivity contribution >= 4 is 11.9 Å². The largest absolute Gasteiger partial charge is 0.497 e. The van der Waals surface area contributed by atoms with Crippen molar-refractivity contribution in [2.45, 2.75) is 19.3 Å². The Labute approximate surface area is 160 Å². The molecule has 2 saturated heterocycles. The number of hydrogen-bond acceptors (Lipinski definition) is 4. The Morgan fingerprint density at radius 2 is 1.48 bits per heavy atom. The lowest BCUT2D eigenvalue weighted by Crippen LogP contribution is -2.44. The third-order valence-corrected chi connectivity index (χ3v) is 5.82. The zero-order valence-corrected chi connectivity index (χ0v) is 16.4. The van der Waals surface area contributed by atoms with Gasteiger partial charge in [0.05, 0.1) is 14.2 Å². The minimum Gasteiger partial charge on any atom is -0.497 e. The van der Waals surface area contributed by atoms with Crippen LogP contribution in [0.4, 0.5) is 4.79 Å². The Morgan fingerprint density at radius 1 is 0.926 bits per heavy atom. The van der Waals surface area contributed by atoms with Gasteiger partial charge in [-0.15, -0.1) is 0 Å². The number of methoxy groups -OCH3 is 2. The normalized spacial score (nSPS) is 20.5. The molecule has 2 fully saturated rings. The van der Waals surface area contributed by atoms with Crippen LogP contribution in [0.5, 0.6) is 11.5 Å². The van der Waals surface area contributed by atoms with Gasteiger partial charge >= 0.3 is 6.03 Å². The number of benzene rings is 1. The van der Waals surface area contributed by atoms with E-state index in [2.05, 4.69) is 5.32 Å². The lowest BCUT2D eigenvalue weighted by atomic mass is 9.84. The molecule has 0 aromatic heterocycles. The van der Waals surface area contributed by atoms with E-state index in [1.165, 1.54) is 0 Å². The van der Waals surface area contributed by atoms with E-state index in [-0.39, 0.29) is 11.9 Å². The van der Waals surface area contributed by atoms with Gasteiger partial charge in [0.2, 0.25) is 0 Å². The second-order valence-corrected chi connectivity index (χ2v) is 7.28. The van der Waals surface area contributed by atoms with Gasteiger partial charge in [-0.05, 0) is 43.2 Å².